The Hall–Kier alpha value is -3.13. The van der Waals surface area contributed by atoms with E-state index in [1.54, 1.807) is 31.2 Å². The maximum absolute atomic E-state index is 12.6. The van der Waals surface area contributed by atoms with Gasteiger partial charge in [0.05, 0.1) is 12.5 Å². The zero-order valence-electron chi connectivity index (χ0n) is 18.1. The third-order valence-corrected chi connectivity index (χ3v) is 5.44. The molecule has 0 aliphatic carbocycles. The lowest BCUT2D eigenvalue weighted by molar-refractivity contribution is -0.149. The molecule has 1 fully saturated rings. The van der Waals surface area contributed by atoms with E-state index in [9.17, 15) is 9.59 Å². The largest absolute Gasteiger partial charge is 0.490 e. The summed E-state index contributed by atoms with van der Waals surface area (Å²) in [4.78, 5) is 26.4. The lowest BCUT2D eigenvalue weighted by atomic mass is 9.97. The second-order valence-electron chi connectivity index (χ2n) is 7.31. The fraction of sp³-hybridized carbons (Fsp3) is 0.375. The molecule has 8 heteroatoms. The number of piperidine rings is 1. The zero-order chi connectivity index (χ0) is 22.8. The molecule has 2 aromatic carbocycles. The summed E-state index contributed by atoms with van der Waals surface area (Å²) in [5, 5.41) is 3.13. The molecule has 0 bridgehead atoms. The van der Waals surface area contributed by atoms with Gasteiger partial charge in [-0.2, -0.15) is 0 Å². The van der Waals surface area contributed by atoms with Crippen LogP contribution in [-0.2, 0) is 9.53 Å². The minimum Gasteiger partial charge on any atom is -0.490 e. The normalized spacial score (nSPS) is 13.8. The molecule has 0 saturated carbocycles. The van der Waals surface area contributed by atoms with E-state index < -0.39 is 0 Å². The Bertz CT molecular complexity index is 914. The molecule has 0 atom stereocenters. The molecule has 0 radical (unpaired) electrons. The van der Waals surface area contributed by atoms with Crippen molar-refractivity contribution in [3.05, 3.63) is 60.2 Å². The summed E-state index contributed by atoms with van der Waals surface area (Å²) in [6, 6.07) is 16.4. The molecule has 32 heavy (non-hydrogen) atoms. The van der Waals surface area contributed by atoms with E-state index in [0.717, 1.165) is 5.75 Å². The molecule has 0 aromatic heterocycles. The lowest BCUT2D eigenvalue weighted by Gasteiger charge is -2.32. The monoisotopic (exact) mass is 456 g/mol. The number of hydrogen-bond donors (Lipinski definition) is 1. The molecule has 3 rings (SSSR count). The predicted octanol–water partition coefficient (Wildman–Crippen LogP) is 3.43. The first kappa shape index (κ1) is 23.5. The summed E-state index contributed by atoms with van der Waals surface area (Å²) in [6.07, 6.45) is 1.31. The quantitative estimate of drug-likeness (QED) is 0.370. The number of amides is 1. The number of ether oxygens (including phenoxy) is 3. The third-order valence-electron chi connectivity index (χ3n) is 5.08. The van der Waals surface area contributed by atoms with Gasteiger partial charge in [0.1, 0.15) is 24.7 Å². The summed E-state index contributed by atoms with van der Waals surface area (Å²) in [7, 11) is 0. The van der Waals surface area contributed by atoms with E-state index in [1.807, 2.05) is 35.2 Å². The van der Waals surface area contributed by atoms with Gasteiger partial charge in [-0.1, -0.05) is 24.3 Å². The summed E-state index contributed by atoms with van der Waals surface area (Å²) < 4.78 is 16.4. The SMILES string of the molecule is CCOC(=O)C1CCN(C(=S)NC(=O)c2cccc(OCCOc3ccccc3)c2)CC1. The van der Waals surface area contributed by atoms with Crippen LogP contribution in [0.15, 0.2) is 54.6 Å². The number of carbonyl (C=O) groups is 2. The number of hydrogen-bond acceptors (Lipinski definition) is 6. The van der Waals surface area contributed by atoms with Crippen molar-refractivity contribution in [2.45, 2.75) is 19.8 Å². The zero-order valence-corrected chi connectivity index (χ0v) is 18.9. The number of nitrogens with zero attached hydrogens (tertiary/aromatic N) is 1. The van der Waals surface area contributed by atoms with Gasteiger partial charge in [-0.25, -0.2) is 0 Å². The molecule has 7 nitrogen and oxygen atoms in total. The van der Waals surface area contributed by atoms with Gasteiger partial charge in [-0.3, -0.25) is 14.9 Å². The molecule has 0 spiro atoms. The van der Waals surface area contributed by atoms with Crippen LogP contribution in [0.2, 0.25) is 0 Å². The Labute approximate surface area is 193 Å². The number of nitrogens with one attached hydrogen (secondary N) is 1. The summed E-state index contributed by atoms with van der Waals surface area (Å²) in [5.74, 6) is 0.797. The van der Waals surface area contributed by atoms with Crippen LogP contribution < -0.4 is 14.8 Å². The van der Waals surface area contributed by atoms with Gasteiger partial charge in [0, 0.05) is 18.7 Å². The van der Waals surface area contributed by atoms with E-state index in [-0.39, 0.29) is 17.8 Å². The molecule has 0 unspecified atom stereocenters. The molecule has 2 aromatic rings. The van der Waals surface area contributed by atoms with E-state index in [0.29, 0.717) is 62.2 Å². The molecular weight excluding hydrogens is 428 g/mol. The van der Waals surface area contributed by atoms with Crippen molar-refractivity contribution >= 4 is 29.2 Å². The Morgan fingerprint density at radius 2 is 1.66 bits per heavy atom. The molecule has 1 heterocycles. The lowest BCUT2D eigenvalue weighted by Crippen LogP contribution is -2.47. The van der Waals surface area contributed by atoms with Gasteiger partial charge in [0.25, 0.3) is 5.91 Å². The predicted molar refractivity (Wildman–Crippen MR) is 125 cm³/mol. The van der Waals surface area contributed by atoms with Gasteiger partial charge in [0.15, 0.2) is 5.11 Å². The second kappa shape index (κ2) is 12.0. The van der Waals surface area contributed by atoms with E-state index >= 15 is 0 Å². The van der Waals surface area contributed by atoms with Crippen molar-refractivity contribution in [1.82, 2.24) is 10.2 Å². The summed E-state index contributed by atoms with van der Waals surface area (Å²) in [5.41, 5.74) is 0.454. The van der Waals surface area contributed by atoms with E-state index in [2.05, 4.69) is 5.32 Å². The van der Waals surface area contributed by atoms with Gasteiger partial charge < -0.3 is 19.1 Å². The maximum atomic E-state index is 12.6. The van der Waals surface area contributed by atoms with Crippen molar-refractivity contribution < 1.29 is 23.8 Å². The average Bonchev–Trinajstić information content (AvgIpc) is 2.83. The molecule has 1 saturated heterocycles. The molecule has 1 amide bonds. The second-order valence-corrected chi connectivity index (χ2v) is 7.70. The number of benzene rings is 2. The molecular formula is C24H28N2O5S. The fourth-order valence-electron chi connectivity index (χ4n) is 3.39. The van der Waals surface area contributed by atoms with Crippen molar-refractivity contribution in [3.63, 3.8) is 0 Å². The minimum absolute atomic E-state index is 0.107. The van der Waals surface area contributed by atoms with Crippen LogP contribution in [0.1, 0.15) is 30.1 Å². The van der Waals surface area contributed by atoms with Crippen molar-refractivity contribution in [1.29, 1.82) is 0 Å². The molecule has 1 aliphatic rings. The Morgan fingerprint density at radius 3 is 2.34 bits per heavy atom. The number of likely N-dealkylation sites (tertiary alicyclic amines) is 1. The fourth-order valence-corrected chi connectivity index (χ4v) is 3.66. The number of rotatable bonds is 8. The van der Waals surface area contributed by atoms with E-state index in [4.69, 9.17) is 26.4 Å². The number of thiocarbonyl (C=S) groups is 1. The molecule has 170 valence electrons. The standard InChI is InChI=1S/C24H28N2O5S/c1-2-29-23(28)18-11-13-26(14-12-18)24(32)25-22(27)19-7-6-10-21(17-19)31-16-15-30-20-8-4-3-5-9-20/h3-10,17-18H,2,11-16H2,1H3,(H,25,27,32). The summed E-state index contributed by atoms with van der Waals surface area (Å²) in [6.45, 7) is 4.15. The molecule has 1 N–H and O–H groups in total. The van der Waals surface area contributed by atoms with Crippen LogP contribution in [0.4, 0.5) is 0 Å². The van der Waals surface area contributed by atoms with Crippen LogP contribution in [0, 0.1) is 5.92 Å². The average molecular weight is 457 g/mol. The van der Waals surface area contributed by atoms with Gasteiger partial charge >= 0.3 is 5.97 Å². The van der Waals surface area contributed by atoms with Crippen LogP contribution in [0.3, 0.4) is 0 Å². The number of para-hydroxylation sites is 1. The Morgan fingerprint density at radius 1 is 1.00 bits per heavy atom. The minimum atomic E-state index is -0.298. The number of carbonyl (C=O) groups excluding carboxylic acids is 2. The highest BCUT2D eigenvalue weighted by atomic mass is 32.1. The molecule has 1 aliphatic heterocycles. The van der Waals surface area contributed by atoms with Gasteiger partial charge in [0.2, 0.25) is 0 Å². The van der Waals surface area contributed by atoms with Gasteiger partial charge in [-0.05, 0) is 62.3 Å². The maximum Gasteiger partial charge on any atom is 0.309 e. The van der Waals surface area contributed by atoms with Crippen molar-refractivity contribution in [3.8, 4) is 11.5 Å². The van der Waals surface area contributed by atoms with Gasteiger partial charge in [-0.15, -0.1) is 0 Å². The first-order valence-corrected chi connectivity index (χ1v) is 11.1. The highest BCUT2D eigenvalue weighted by Crippen LogP contribution is 2.19. The smallest absolute Gasteiger partial charge is 0.309 e. The highest BCUT2D eigenvalue weighted by Gasteiger charge is 2.27. The first-order chi connectivity index (χ1) is 15.6. The topological polar surface area (TPSA) is 77.1 Å². The summed E-state index contributed by atoms with van der Waals surface area (Å²) >= 11 is 5.40. The Balaban J connectivity index is 1.44. The number of esters is 1. The van der Waals surface area contributed by atoms with Crippen LogP contribution >= 0.6 is 12.2 Å². The van der Waals surface area contributed by atoms with E-state index in [1.165, 1.54) is 0 Å². The van der Waals surface area contributed by atoms with Crippen LogP contribution in [0.5, 0.6) is 11.5 Å². The Kier molecular flexibility index (Phi) is 8.86. The van der Waals surface area contributed by atoms with Crippen molar-refractivity contribution in [2.24, 2.45) is 5.92 Å². The third kappa shape index (κ3) is 6.95. The first-order valence-electron chi connectivity index (χ1n) is 10.7. The highest BCUT2D eigenvalue weighted by molar-refractivity contribution is 7.80. The van der Waals surface area contributed by atoms with Crippen LogP contribution in [-0.4, -0.2) is 54.8 Å². The van der Waals surface area contributed by atoms with Crippen LogP contribution in [0.25, 0.3) is 0 Å². The van der Waals surface area contributed by atoms with Crippen molar-refractivity contribution in [2.75, 3.05) is 32.9 Å².